The van der Waals surface area contributed by atoms with Gasteiger partial charge in [-0.2, -0.15) is 5.10 Å². The van der Waals surface area contributed by atoms with Crippen LogP contribution in [-0.4, -0.2) is 32.3 Å². The third kappa shape index (κ3) is 3.01. The average molecular weight is 359 g/mol. The van der Waals surface area contributed by atoms with Crippen LogP contribution in [0.15, 0.2) is 12.3 Å². The van der Waals surface area contributed by atoms with Gasteiger partial charge in [0.15, 0.2) is 0 Å². The van der Waals surface area contributed by atoms with Crippen molar-refractivity contribution in [1.82, 2.24) is 10.2 Å². The average Bonchev–Trinajstić information content (AvgIpc) is 2.96. The summed E-state index contributed by atoms with van der Waals surface area (Å²) in [6.07, 6.45) is 1.57. The van der Waals surface area contributed by atoms with Crippen LogP contribution >= 0.6 is 23.2 Å². The molecule has 124 valence electrons. The zero-order valence-corrected chi connectivity index (χ0v) is 14.1. The zero-order chi connectivity index (χ0) is 17.4. The van der Waals surface area contributed by atoms with Crippen LogP contribution < -0.4 is 0 Å². The number of halogens is 2. The summed E-state index contributed by atoms with van der Waals surface area (Å²) in [6.45, 7) is 2.80. The molecule has 6 nitrogen and oxygen atoms in total. The van der Waals surface area contributed by atoms with E-state index in [2.05, 4.69) is 10.2 Å². The second-order valence-corrected chi connectivity index (χ2v) is 6.42. The Morgan fingerprint density at radius 3 is 2.61 bits per heavy atom. The lowest BCUT2D eigenvalue weighted by atomic mass is 9.73. The molecule has 0 bridgehead atoms. The van der Waals surface area contributed by atoms with Gasteiger partial charge in [0.05, 0.1) is 28.1 Å². The van der Waals surface area contributed by atoms with E-state index in [4.69, 9.17) is 23.2 Å². The van der Waals surface area contributed by atoms with E-state index in [-0.39, 0.29) is 12.3 Å². The number of hydrogen-bond acceptors (Lipinski definition) is 3. The maximum Gasteiger partial charge on any atom is 0.310 e. The molecule has 0 spiro atoms. The Labute approximate surface area is 142 Å². The van der Waals surface area contributed by atoms with Crippen LogP contribution in [-0.2, 0) is 21.9 Å². The number of alkyl halides is 1. The fraction of sp³-hybridized carbons (Fsp3) is 0.400. The predicted octanol–water partition coefficient (Wildman–Crippen LogP) is 3.31. The van der Waals surface area contributed by atoms with Gasteiger partial charge in [-0.05, 0) is 30.5 Å². The Morgan fingerprint density at radius 1 is 1.43 bits per heavy atom. The third-order valence-electron chi connectivity index (χ3n) is 4.40. The summed E-state index contributed by atoms with van der Waals surface area (Å²) in [5, 5.41) is 26.6. The molecule has 0 aliphatic heterocycles. The third-order valence-corrected chi connectivity index (χ3v) is 4.96. The standard InChI is InChI=1S/C15H16Cl2N2O4/c1-7(13(20)21)15(2,14(22)23)4-8-3-11(17)12-10(6-18-19-12)9(8)5-16/h3,6-7H,4-5H2,1-2H3,(H,18,19)(H,20,21)(H,22,23)/t7?,15-/m0/s1. The molecule has 0 saturated heterocycles. The van der Waals surface area contributed by atoms with Crippen molar-refractivity contribution in [3.8, 4) is 0 Å². The molecule has 2 aromatic rings. The maximum atomic E-state index is 11.7. The van der Waals surface area contributed by atoms with E-state index < -0.39 is 23.3 Å². The van der Waals surface area contributed by atoms with Crippen molar-refractivity contribution >= 4 is 46.0 Å². The minimum Gasteiger partial charge on any atom is -0.481 e. The largest absolute Gasteiger partial charge is 0.481 e. The number of carbonyl (C=O) groups is 2. The maximum absolute atomic E-state index is 11.7. The SMILES string of the molecule is CC(C(=O)O)[C@](C)(Cc1cc(Cl)c2[nH]ncc2c1CCl)C(=O)O. The number of benzene rings is 1. The van der Waals surface area contributed by atoms with E-state index in [1.165, 1.54) is 13.8 Å². The molecule has 0 aliphatic carbocycles. The van der Waals surface area contributed by atoms with Gasteiger partial charge in [-0.25, -0.2) is 0 Å². The summed E-state index contributed by atoms with van der Waals surface area (Å²) in [7, 11) is 0. The highest BCUT2D eigenvalue weighted by Crippen LogP contribution is 2.37. The van der Waals surface area contributed by atoms with Crippen LogP contribution in [0.25, 0.3) is 10.9 Å². The molecule has 0 saturated carbocycles. The predicted molar refractivity (Wildman–Crippen MR) is 86.9 cm³/mol. The number of nitrogens with one attached hydrogen (secondary N) is 1. The summed E-state index contributed by atoms with van der Waals surface area (Å²) < 4.78 is 0. The van der Waals surface area contributed by atoms with Crippen LogP contribution in [0.3, 0.4) is 0 Å². The first-order valence-corrected chi connectivity index (χ1v) is 7.79. The molecule has 23 heavy (non-hydrogen) atoms. The Balaban J connectivity index is 2.59. The van der Waals surface area contributed by atoms with Gasteiger partial charge >= 0.3 is 11.9 Å². The Kier molecular flexibility index (Phi) is 4.87. The first kappa shape index (κ1) is 17.6. The monoisotopic (exact) mass is 358 g/mol. The quantitative estimate of drug-likeness (QED) is 0.687. The molecular formula is C15H16Cl2N2O4. The number of aliphatic carboxylic acids is 2. The second-order valence-electron chi connectivity index (χ2n) is 5.75. The number of rotatable bonds is 6. The number of hydrogen-bond donors (Lipinski definition) is 3. The van der Waals surface area contributed by atoms with Gasteiger partial charge in [-0.3, -0.25) is 14.7 Å². The first-order valence-electron chi connectivity index (χ1n) is 6.87. The van der Waals surface area contributed by atoms with Gasteiger partial charge in [-0.1, -0.05) is 18.5 Å². The van der Waals surface area contributed by atoms with Gasteiger partial charge in [0.1, 0.15) is 0 Å². The molecule has 2 rings (SSSR count). The molecule has 0 aliphatic rings. The molecule has 3 N–H and O–H groups in total. The highest BCUT2D eigenvalue weighted by atomic mass is 35.5. The number of carboxylic acids is 2. The molecule has 1 aromatic heterocycles. The summed E-state index contributed by atoms with van der Waals surface area (Å²) in [5.41, 5.74) is 0.434. The van der Waals surface area contributed by atoms with Crippen molar-refractivity contribution in [3.63, 3.8) is 0 Å². The lowest BCUT2D eigenvalue weighted by Gasteiger charge is -2.29. The molecular weight excluding hydrogens is 343 g/mol. The fourth-order valence-electron chi connectivity index (χ4n) is 2.58. The Morgan fingerprint density at radius 2 is 2.09 bits per heavy atom. The van der Waals surface area contributed by atoms with Crippen molar-refractivity contribution in [2.24, 2.45) is 11.3 Å². The van der Waals surface area contributed by atoms with Gasteiger partial charge in [0.2, 0.25) is 0 Å². The fourth-order valence-corrected chi connectivity index (χ4v) is 3.17. The summed E-state index contributed by atoms with van der Waals surface area (Å²) in [4.78, 5) is 23.0. The first-order chi connectivity index (χ1) is 10.7. The number of nitrogens with zero attached hydrogens (tertiary/aromatic N) is 1. The molecule has 2 atom stereocenters. The van der Waals surface area contributed by atoms with Crippen LogP contribution in [0.5, 0.6) is 0 Å². The molecule has 1 aromatic carbocycles. The summed E-state index contributed by atoms with van der Waals surface area (Å²) >= 11 is 12.2. The summed E-state index contributed by atoms with van der Waals surface area (Å²) in [6, 6.07) is 1.62. The highest BCUT2D eigenvalue weighted by molar-refractivity contribution is 6.35. The minimum absolute atomic E-state index is 0.00130. The molecule has 0 fully saturated rings. The van der Waals surface area contributed by atoms with E-state index >= 15 is 0 Å². The number of H-pyrrole nitrogens is 1. The number of fused-ring (bicyclic) bond motifs is 1. The Hall–Kier alpha value is -1.79. The topological polar surface area (TPSA) is 103 Å². The lowest BCUT2D eigenvalue weighted by Crippen LogP contribution is -2.40. The molecule has 1 heterocycles. The van der Waals surface area contributed by atoms with Crippen LogP contribution in [0.1, 0.15) is 25.0 Å². The van der Waals surface area contributed by atoms with Crippen molar-refractivity contribution in [3.05, 3.63) is 28.4 Å². The molecule has 1 unspecified atom stereocenters. The van der Waals surface area contributed by atoms with Gasteiger partial charge < -0.3 is 10.2 Å². The van der Waals surface area contributed by atoms with E-state index in [0.29, 0.717) is 27.1 Å². The van der Waals surface area contributed by atoms with E-state index in [9.17, 15) is 19.8 Å². The highest BCUT2D eigenvalue weighted by Gasteiger charge is 2.43. The second kappa shape index (κ2) is 6.37. The molecule has 0 radical (unpaired) electrons. The van der Waals surface area contributed by atoms with Crippen molar-refractivity contribution in [2.45, 2.75) is 26.1 Å². The van der Waals surface area contributed by atoms with Gasteiger partial charge in [0, 0.05) is 11.3 Å². The van der Waals surface area contributed by atoms with Gasteiger partial charge in [0.25, 0.3) is 0 Å². The summed E-state index contributed by atoms with van der Waals surface area (Å²) in [5.74, 6) is -3.30. The Bertz CT molecular complexity index is 774. The van der Waals surface area contributed by atoms with Gasteiger partial charge in [-0.15, -0.1) is 11.6 Å². The van der Waals surface area contributed by atoms with Crippen LogP contribution in [0.2, 0.25) is 5.02 Å². The molecule has 0 amide bonds. The van der Waals surface area contributed by atoms with Crippen LogP contribution in [0, 0.1) is 11.3 Å². The van der Waals surface area contributed by atoms with Crippen molar-refractivity contribution < 1.29 is 19.8 Å². The van der Waals surface area contributed by atoms with Crippen molar-refractivity contribution in [2.75, 3.05) is 0 Å². The van der Waals surface area contributed by atoms with E-state index in [1.54, 1.807) is 12.3 Å². The lowest BCUT2D eigenvalue weighted by molar-refractivity contribution is -0.160. The molecule has 8 heteroatoms. The number of carboxylic acid groups (broad SMARTS) is 2. The van der Waals surface area contributed by atoms with E-state index in [0.717, 1.165) is 0 Å². The zero-order valence-electron chi connectivity index (χ0n) is 12.6. The van der Waals surface area contributed by atoms with E-state index in [1.807, 2.05) is 0 Å². The minimum atomic E-state index is -1.49. The smallest absolute Gasteiger partial charge is 0.310 e. The van der Waals surface area contributed by atoms with Crippen molar-refractivity contribution in [1.29, 1.82) is 0 Å². The normalized spacial score (nSPS) is 15.3. The van der Waals surface area contributed by atoms with Crippen LogP contribution in [0.4, 0.5) is 0 Å². The number of aromatic nitrogens is 2. The number of aromatic amines is 1.